The van der Waals surface area contributed by atoms with Gasteiger partial charge in [-0.25, -0.2) is 0 Å². The summed E-state index contributed by atoms with van der Waals surface area (Å²) in [5.41, 5.74) is 7.26. The molecular weight excluding hydrogens is 196 g/mol. The third-order valence-electron chi connectivity index (χ3n) is 3.57. The molecule has 1 aliphatic rings. The number of likely N-dealkylation sites (N-methyl/N-ethyl adjacent to an activating group) is 1. The molecule has 1 aromatic carbocycles. The minimum absolute atomic E-state index is 0.601. The van der Waals surface area contributed by atoms with Gasteiger partial charge in [0, 0.05) is 19.1 Å². The number of benzene rings is 1. The van der Waals surface area contributed by atoms with Crippen molar-refractivity contribution in [2.75, 3.05) is 20.1 Å². The van der Waals surface area contributed by atoms with Crippen LogP contribution in [0.15, 0.2) is 30.3 Å². The molecule has 2 heteroatoms. The molecule has 0 radical (unpaired) electrons. The summed E-state index contributed by atoms with van der Waals surface area (Å²) >= 11 is 0. The zero-order chi connectivity index (χ0) is 11.4. The van der Waals surface area contributed by atoms with Crippen LogP contribution < -0.4 is 5.73 Å². The number of hydrogen-bond donors (Lipinski definition) is 1. The van der Waals surface area contributed by atoms with Gasteiger partial charge in [-0.05, 0) is 37.8 Å². The summed E-state index contributed by atoms with van der Waals surface area (Å²) in [6.07, 6.45) is 3.87. The molecule has 2 N–H and O–H groups in total. The zero-order valence-electron chi connectivity index (χ0n) is 10.1. The zero-order valence-corrected chi connectivity index (χ0v) is 10.1. The molecule has 2 nitrogen and oxygen atoms in total. The molecule has 88 valence electrons. The molecule has 0 heterocycles. The van der Waals surface area contributed by atoms with Crippen LogP contribution in [0.5, 0.6) is 0 Å². The maximum Gasteiger partial charge on any atom is 0.0243 e. The van der Waals surface area contributed by atoms with Gasteiger partial charge in [0.25, 0.3) is 0 Å². The Kier molecular flexibility index (Phi) is 3.97. The van der Waals surface area contributed by atoms with Crippen molar-refractivity contribution in [1.29, 1.82) is 0 Å². The molecule has 1 unspecified atom stereocenters. The molecule has 1 aromatic rings. The summed E-state index contributed by atoms with van der Waals surface area (Å²) in [5, 5.41) is 0. The smallest absolute Gasteiger partial charge is 0.0243 e. The van der Waals surface area contributed by atoms with E-state index in [0.717, 1.165) is 25.4 Å². The van der Waals surface area contributed by atoms with Gasteiger partial charge in [0.15, 0.2) is 0 Å². The van der Waals surface area contributed by atoms with Crippen molar-refractivity contribution < 1.29 is 0 Å². The molecule has 1 aliphatic carbocycles. The van der Waals surface area contributed by atoms with Crippen LogP contribution in [0, 0.1) is 5.92 Å². The fourth-order valence-electron chi connectivity index (χ4n) is 2.33. The Bertz CT molecular complexity index is 306. The minimum Gasteiger partial charge on any atom is -0.329 e. The van der Waals surface area contributed by atoms with Gasteiger partial charge >= 0.3 is 0 Å². The maximum atomic E-state index is 5.84. The number of hydrogen-bond acceptors (Lipinski definition) is 2. The second kappa shape index (κ2) is 5.46. The van der Waals surface area contributed by atoms with E-state index in [2.05, 4.69) is 42.3 Å². The fourth-order valence-corrected chi connectivity index (χ4v) is 2.33. The van der Waals surface area contributed by atoms with E-state index < -0.39 is 0 Å². The highest BCUT2D eigenvalue weighted by molar-refractivity contribution is 5.14. The van der Waals surface area contributed by atoms with Gasteiger partial charge in [0.05, 0.1) is 0 Å². The molecule has 1 saturated carbocycles. The summed E-state index contributed by atoms with van der Waals surface area (Å²) in [5.74, 6) is 0.866. The van der Waals surface area contributed by atoms with Crippen LogP contribution in [0.4, 0.5) is 0 Å². The van der Waals surface area contributed by atoms with Crippen LogP contribution in [0.25, 0.3) is 0 Å². The van der Waals surface area contributed by atoms with Gasteiger partial charge in [0.1, 0.15) is 0 Å². The molecule has 0 bridgehead atoms. The van der Waals surface area contributed by atoms with Crippen LogP contribution in [0.2, 0.25) is 0 Å². The molecule has 0 aromatic heterocycles. The van der Waals surface area contributed by atoms with Crippen molar-refractivity contribution in [3.8, 4) is 0 Å². The predicted molar refractivity (Wildman–Crippen MR) is 68.3 cm³/mol. The first kappa shape index (κ1) is 11.6. The molecule has 2 rings (SSSR count). The normalized spacial score (nSPS) is 17.7. The third kappa shape index (κ3) is 3.06. The summed E-state index contributed by atoms with van der Waals surface area (Å²) in [4.78, 5) is 2.44. The average Bonchev–Trinajstić information content (AvgIpc) is 3.13. The van der Waals surface area contributed by atoms with Crippen LogP contribution in [0.3, 0.4) is 0 Å². The first-order valence-corrected chi connectivity index (χ1v) is 6.25. The Labute approximate surface area is 98.4 Å². The summed E-state index contributed by atoms with van der Waals surface area (Å²) in [7, 11) is 2.21. The van der Waals surface area contributed by atoms with Crippen molar-refractivity contribution >= 4 is 0 Å². The highest BCUT2D eigenvalue weighted by Crippen LogP contribution is 2.34. The van der Waals surface area contributed by atoms with Gasteiger partial charge in [-0.15, -0.1) is 0 Å². The van der Waals surface area contributed by atoms with Crippen LogP contribution in [0.1, 0.15) is 18.4 Å². The molecule has 1 atom stereocenters. The van der Waals surface area contributed by atoms with Crippen LogP contribution in [-0.4, -0.2) is 31.1 Å². The first-order valence-electron chi connectivity index (χ1n) is 6.25. The molecule has 0 saturated heterocycles. The van der Waals surface area contributed by atoms with E-state index in [9.17, 15) is 0 Å². The molecule has 0 aliphatic heterocycles. The van der Waals surface area contributed by atoms with Crippen molar-refractivity contribution in [2.45, 2.75) is 25.3 Å². The quantitative estimate of drug-likeness (QED) is 0.790. The molecule has 0 spiro atoms. The van der Waals surface area contributed by atoms with Gasteiger partial charge in [-0.2, -0.15) is 0 Å². The largest absolute Gasteiger partial charge is 0.329 e. The Morgan fingerprint density at radius 3 is 2.56 bits per heavy atom. The second-order valence-electron chi connectivity index (χ2n) is 4.86. The highest BCUT2D eigenvalue weighted by atomic mass is 15.1. The van der Waals surface area contributed by atoms with E-state index in [1.807, 2.05) is 0 Å². The maximum absolute atomic E-state index is 5.84. The highest BCUT2D eigenvalue weighted by Gasteiger charge is 2.32. The lowest BCUT2D eigenvalue weighted by atomic mass is 10.1. The first-order chi connectivity index (χ1) is 7.81. The lowest BCUT2D eigenvalue weighted by Crippen LogP contribution is -2.40. The van der Waals surface area contributed by atoms with E-state index in [1.165, 1.54) is 18.4 Å². The van der Waals surface area contributed by atoms with Crippen molar-refractivity contribution in [3.63, 3.8) is 0 Å². The van der Waals surface area contributed by atoms with Crippen LogP contribution in [-0.2, 0) is 6.42 Å². The Morgan fingerprint density at radius 2 is 2.00 bits per heavy atom. The number of nitrogens with zero attached hydrogens (tertiary/aromatic N) is 1. The van der Waals surface area contributed by atoms with E-state index in [-0.39, 0.29) is 0 Å². The SMILES string of the molecule is CN(CCc1ccccc1)C(CN)C1CC1. The van der Waals surface area contributed by atoms with Gasteiger partial charge in [0.2, 0.25) is 0 Å². The predicted octanol–water partition coefficient (Wildman–Crippen LogP) is 1.90. The summed E-state index contributed by atoms with van der Waals surface area (Å²) < 4.78 is 0. The third-order valence-corrected chi connectivity index (χ3v) is 3.57. The van der Waals surface area contributed by atoms with E-state index in [4.69, 9.17) is 5.73 Å². The summed E-state index contributed by atoms with van der Waals surface area (Å²) in [6, 6.07) is 11.3. The topological polar surface area (TPSA) is 29.3 Å². The van der Waals surface area contributed by atoms with E-state index in [1.54, 1.807) is 0 Å². The Hall–Kier alpha value is -0.860. The second-order valence-corrected chi connectivity index (χ2v) is 4.86. The molecule has 0 amide bonds. The van der Waals surface area contributed by atoms with E-state index in [0.29, 0.717) is 6.04 Å². The average molecular weight is 218 g/mol. The Balaban J connectivity index is 1.80. The fraction of sp³-hybridized carbons (Fsp3) is 0.571. The summed E-state index contributed by atoms with van der Waals surface area (Å²) in [6.45, 7) is 1.92. The van der Waals surface area contributed by atoms with Crippen LogP contribution >= 0.6 is 0 Å². The molecular formula is C14H22N2. The molecule has 16 heavy (non-hydrogen) atoms. The number of nitrogens with two attached hydrogens (primary N) is 1. The standard InChI is InChI=1S/C14H22N2/c1-16(14(11-15)13-7-8-13)10-9-12-5-3-2-4-6-12/h2-6,13-14H,7-11,15H2,1H3. The van der Waals surface area contributed by atoms with Gasteiger partial charge in [-0.1, -0.05) is 30.3 Å². The molecule has 1 fully saturated rings. The van der Waals surface area contributed by atoms with Gasteiger partial charge < -0.3 is 10.6 Å². The van der Waals surface area contributed by atoms with E-state index >= 15 is 0 Å². The Morgan fingerprint density at radius 1 is 1.31 bits per heavy atom. The monoisotopic (exact) mass is 218 g/mol. The van der Waals surface area contributed by atoms with Crippen molar-refractivity contribution in [1.82, 2.24) is 4.90 Å². The minimum atomic E-state index is 0.601. The lowest BCUT2D eigenvalue weighted by molar-refractivity contribution is 0.226. The van der Waals surface area contributed by atoms with Gasteiger partial charge in [-0.3, -0.25) is 0 Å². The van der Waals surface area contributed by atoms with Crippen molar-refractivity contribution in [3.05, 3.63) is 35.9 Å². The number of rotatable bonds is 6. The lowest BCUT2D eigenvalue weighted by Gasteiger charge is -2.26. The van der Waals surface area contributed by atoms with Crippen molar-refractivity contribution in [2.24, 2.45) is 11.7 Å².